The van der Waals surface area contributed by atoms with Crippen molar-refractivity contribution < 1.29 is 18.7 Å². The molecule has 29 heavy (non-hydrogen) atoms. The molecule has 7 heteroatoms. The van der Waals surface area contributed by atoms with Gasteiger partial charge in [-0.2, -0.15) is 0 Å². The highest BCUT2D eigenvalue weighted by Crippen LogP contribution is 2.32. The van der Waals surface area contributed by atoms with Crippen LogP contribution in [0.2, 0.25) is 5.02 Å². The zero-order valence-electron chi connectivity index (χ0n) is 16.2. The van der Waals surface area contributed by atoms with E-state index in [2.05, 4.69) is 5.32 Å². The molecule has 0 unspecified atom stereocenters. The van der Waals surface area contributed by atoms with Gasteiger partial charge < -0.3 is 14.5 Å². The first-order valence-electron chi connectivity index (χ1n) is 9.33. The number of thioether (sulfide) groups is 1. The summed E-state index contributed by atoms with van der Waals surface area (Å²) in [5, 5.41) is 4.29. The largest absolute Gasteiger partial charge is 0.450 e. The van der Waals surface area contributed by atoms with Gasteiger partial charge in [-0.3, -0.25) is 4.79 Å². The maximum Gasteiger partial charge on any atom is 0.375 e. The third-order valence-electron chi connectivity index (χ3n) is 4.43. The summed E-state index contributed by atoms with van der Waals surface area (Å²) in [5.41, 5.74) is 1.35. The number of amides is 1. The fraction of sp³-hybridized carbons (Fsp3) is 0.273. The number of nitrogens with one attached hydrogen (secondary N) is 1. The average Bonchev–Trinajstić information content (AvgIpc) is 3.10. The van der Waals surface area contributed by atoms with Gasteiger partial charge in [-0.1, -0.05) is 36.7 Å². The zero-order valence-corrected chi connectivity index (χ0v) is 17.8. The van der Waals surface area contributed by atoms with Crippen molar-refractivity contribution in [3.8, 4) is 0 Å². The van der Waals surface area contributed by atoms with Crippen LogP contribution >= 0.6 is 23.4 Å². The number of furan rings is 1. The molecule has 152 valence electrons. The Hall–Kier alpha value is -2.44. The maximum atomic E-state index is 12.6. The van der Waals surface area contributed by atoms with Crippen molar-refractivity contribution in [2.24, 2.45) is 0 Å². The van der Waals surface area contributed by atoms with Crippen LogP contribution < -0.4 is 5.32 Å². The third-order valence-corrected chi connectivity index (χ3v) is 5.73. The lowest BCUT2D eigenvalue weighted by Gasteiger charge is -2.11. The fourth-order valence-corrected chi connectivity index (χ4v) is 3.76. The number of esters is 1. The van der Waals surface area contributed by atoms with Crippen LogP contribution in [0.25, 0.3) is 11.0 Å². The van der Waals surface area contributed by atoms with Gasteiger partial charge in [0.1, 0.15) is 5.58 Å². The second-order valence-corrected chi connectivity index (χ2v) is 8.09. The maximum absolute atomic E-state index is 12.6. The lowest BCUT2D eigenvalue weighted by atomic mass is 10.1. The van der Waals surface area contributed by atoms with Crippen LogP contribution in [0.5, 0.6) is 0 Å². The van der Waals surface area contributed by atoms with E-state index in [-0.39, 0.29) is 24.3 Å². The minimum Gasteiger partial charge on any atom is -0.450 e. The molecular formula is C22H22ClNO4S. The first-order chi connectivity index (χ1) is 14.0. The Morgan fingerprint density at radius 3 is 2.62 bits per heavy atom. The molecule has 0 bridgehead atoms. The van der Waals surface area contributed by atoms with Crippen molar-refractivity contribution in [2.45, 2.75) is 37.0 Å². The summed E-state index contributed by atoms with van der Waals surface area (Å²) in [4.78, 5) is 25.6. The molecule has 0 aliphatic heterocycles. The van der Waals surface area contributed by atoms with Crippen LogP contribution in [0.1, 0.15) is 36.4 Å². The number of carbonyl (C=O) groups excluding carboxylic acids is 2. The molecule has 3 aromatic rings. The van der Waals surface area contributed by atoms with Crippen molar-refractivity contribution in [3.63, 3.8) is 0 Å². The summed E-state index contributed by atoms with van der Waals surface area (Å²) in [6, 6.07) is 15.0. The van der Waals surface area contributed by atoms with Gasteiger partial charge in [0.2, 0.25) is 5.76 Å². The number of carbonyl (C=O) groups is 2. The lowest BCUT2D eigenvalue weighted by molar-refractivity contribution is -0.124. The third kappa shape index (κ3) is 5.55. The highest BCUT2D eigenvalue weighted by Gasteiger charge is 2.23. The molecule has 1 aromatic heterocycles. The van der Waals surface area contributed by atoms with Gasteiger partial charge in [-0.25, -0.2) is 4.79 Å². The Morgan fingerprint density at radius 2 is 1.90 bits per heavy atom. The molecule has 0 aliphatic rings. The van der Waals surface area contributed by atoms with Gasteiger partial charge in [-0.15, -0.1) is 11.8 Å². The predicted molar refractivity (Wildman–Crippen MR) is 115 cm³/mol. The lowest BCUT2D eigenvalue weighted by Crippen LogP contribution is -2.35. The van der Waals surface area contributed by atoms with Crippen molar-refractivity contribution >= 4 is 46.2 Å². The molecule has 5 nitrogen and oxygen atoms in total. The SMILES string of the molecule is CC[C@H](C)NC(=O)COC(=O)c1oc2ccccc2c1CSc1ccc(Cl)cc1. The molecule has 1 N–H and O–H groups in total. The number of halogens is 1. The van der Waals surface area contributed by atoms with E-state index in [1.165, 1.54) is 0 Å². The molecule has 0 radical (unpaired) electrons. The molecular weight excluding hydrogens is 410 g/mol. The smallest absolute Gasteiger partial charge is 0.375 e. The number of benzene rings is 2. The highest BCUT2D eigenvalue weighted by molar-refractivity contribution is 7.98. The molecule has 0 saturated heterocycles. The van der Waals surface area contributed by atoms with Crippen LogP contribution in [-0.2, 0) is 15.3 Å². The number of para-hydroxylation sites is 1. The van der Waals surface area contributed by atoms with Crippen LogP contribution in [0.4, 0.5) is 0 Å². The van der Waals surface area contributed by atoms with E-state index in [4.69, 9.17) is 20.8 Å². The predicted octanol–water partition coefficient (Wildman–Crippen LogP) is 5.45. The summed E-state index contributed by atoms with van der Waals surface area (Å²) in [6.45, 7) is 3.52. The summed E-state index contributed by atoms with van der Waals surface area (Å²) in [5.74, 6) is -0.334. The van der Waals surface area contributed by atoms with Gasteiger partial charge in [0, 0.05) is 32.7 Å². The van der Waals surface area contributed by atoms with Gasteiger partial charge in [-0.05, 0) is 43.7 Å². The number of fused-ring (bicyclic) bond motifs is 1. The number of ether oxygens (including phenoxy) is 1. The molecule has 1 heterocycles. The Balaban J connectivity index is 1.76. The van der Waals surface area contributed by atoms with Crippen LogP contribution in [0.15, 0.2) is 57.8 Å². The standard InChI is InChI=1S/C22H22ClNO4S/c1-3-14(2)24-20(25)12-27-22(26)21-18(17-6-4-5-7-19(17)28-21)13-29-16-10-8-15(23)9-11-16/h4-11,14H,3,12-13H2,1-2H3,(H,24,25)/t14-/m0/s1. The fourth-order valence-electron chi connectivity index (χ4n) is 2.71. The van der Waals surface area contributed by atoms with Crippen LogP contribution in [-0.4, -0.2) is 24.5 Å². The van der Waals surface area contributed by atoms with Gasteiger partial charge >= 0.3 is 5.97 Å². The van der Waals surface area contributed by atoms with Crippen LogP contribution in [0.3, 0.4) is 0 Å². The number of hydrogen-bond donors (Lipinski definition) is 1. The van der Waals surface area contributed by atoms with Gasteiger partial charge in [0.05, 0.1) is 0 Å². The van der Waals surface area contributed by atoms with E-state index in [0.29, 0.717) is 16.4 Å². The zero-order chi connectivity index (χ0) is 20.8. The number of hydrogen-bond acceptors (Lipinski definition) is 5. The monoisotopic (exact) mass is 431 g/mol. The molecule has 0 saturated carbocycles. The second-order valence-electron chi connectivity index (χ2n) is 6.60. The molecule has 0 fully saturated rings. The van der Waals surface area contributed by atoms with E-state index < -0.39 is 5.97 Å². The van der Waals surface area contributed by atoms with Crippen molar-refractivity contribution in [2.75, 3.05) is 6.61 Å². The van der Waals surface area contributed by atoms with Gasteiger partial charge in [0.25, 0.3) is 5.91 Å². The molecule has 0 aliphatic carbocycles. The average molecular weight is 432 g/mol. The second kappa shape index (κ2) is 9.85. The van der Waals surface area contributed by atoms with Crippen molar-refractivity contribution in [1.82, 2.24) is 5.32 Å². The van der Waals surface area contributed by atoms with Crippen molar-refractivity contribution in [1.29, 1.82) is 0 Å². The van der Waals surface area contributed by atoms with E-state index in [1.807, 2.05) is 56.3 Å². The summed E-state index contributed by atoms with van der Waals surface area (Å²) < 4.78 is 11.0. The summed E-state index contributed by atoms with van der Waals surface area (Å²) in [6.07, 6.45) is 0.801. The first kappa shape index (κ1) is 21.3. The minimum absolute atomic E-state index is 0.0266. The summed E-state index contributed by atoms with van der Waals surface area (Å²) in [7, 11) is 0. The topological polar surface area (TPSA) is 68.5 Å². The van der Waals surface area contributed by atoms with E-state index in [0.717, 1.165) is 22.3 Å². The molecule has 3 rings (SSSR count). The quantitative estimate of drug-likeness (QED) is 0.379. The van der Waals surface area contributed by atoms with Crippen LogP contribution in [0, 0.1) is 0 Å². The number of rotatable bonds is 8. The Morgan fingerprint density at radius 1 is 1.17 bits per heavy atom. The molecule has 0 spiro atoms. The Kier molecular flexibility index (Phi) is 7.23. The Labute approximate surface area is 178 Å². The molecule has 2 aromatic carbocycles. The Bertz CT molecular complexity index is 1000. The molecule has 1 amide bonds. The summed E-state index contributed by atoms with van der Waals surface area (Å²) >= 11 is 7.50. The van der Waals surface area contributed by atoms with E-state index in [9.17, 15) is 9.59 Å². The first-order valence-corrected chi connectivity index (χ1v) is 10.7. The van der Waals surface area contributed by atoms with E-state index in [1.54, 1.807) is 17.8 Å². The van der Waals surface area contributed by atoms with Crippen molar-refractivity contribution in [3.05, 3.63) is 64.9 Å². The minimum atomic E-state index is -0.646. The van der Waals surface area contributed by atoms with Gasteiger partial charge in [0.15, 0.2) is 6.61 Å². The van der Waals surface area contributed by atoms with E-state index >= 15 is 0 Å². The molecule has 1 atom stereocenters. The highest BCUT2D eigenvalue weighted by atomic mass is 35.5. The normalized spacial score (nSPS) is 12.0.